The molecular formula is C14H15NO2. The number of ether oxygens (including phenoxy) is 1. The zero-order valence-electron chi connectivity index (χ0n) is 9.63. The number of nitrogens with zero attached hydrogens (tertiary/aromatic N) is 1. The largest absolute Gasteiger partial charge is 0.471 e. The molecule has 2 rings (SSSR count). The summed E-state index contributed by atoms with van der Waals surface area (Å²) in [6.07, 6.45) is 4.08. The highest BCUT2D eigenvalue weighted by molar-refractivity contribution is 5.82. The molecule has 0 saturated carbocycles. The Kier molecular flexibility index (Phi) is 3.60. The van der Waals surface area contributed by atoms with Crippen molar-refractivity contribution < 1.29 is 9.53 Å². The second kappa shape index (κ2) is 5.34. The van der Waals surface area contributed by atoms with Crippen molar-refractivity contribution in [2.45, 2.75) is 6.42 Å². The third-order valence-electron chi connectivity index (χ3n) is 2.53. The van der Waals surface area contributed by atoms with E-state index in [1.807, 2.05) is 47.4 Å². The standard InChI is InChI=1S/C14H15NO2/c1-2-10-15(12-6-4-3-5-7-12)14-9-8-13(16)11-17-14/h2-7,9H,1,8,10-11H2. The molecule has 0 N–H and O–H groups in total. The summed E-state index contributed by atoms with van der Waals surface area (Å²) in [5, 5.41) is 0. The smallest absolute Gasteiger partial charge is 0.190 e. The van der Waals surface area contributed by atoms with E-state index in [4.69, 9.17) is 4.74 Å². The van der Waals surface area contributed by atoms with Gasteiger partial charge >= 0.3 is 0 Å². The van der Waals surface area contributed by atoms with Crippen molar-refractivity contribution >= 4 is 11.5 Å². The Balaban J connectivity index is 2.23. The van der Waals surface area contributed by atoms with Gasteiger partial charge in [-0.3, -0.25) is 4.79 Å². The zero-order chi connectivity index (χ0) is 12.1. The quantitative estimate of drug-likeness (QED) is 0.743. The fourth-order valence-corrected chi connectivity index (χ4v) is 1.72. The summed E-state index contributed by atoms with van der Waals surface area (Å²) in [4.78, 5) is 13.1. The SMILES string of the molecule is C=CCN(C1=CCC(=O)CO1)c1ccccc1. The average molecular weight is 229 g/mol. The van der Waals surface area contributed by atoms with Gasteiger partial charge in [0.05, 0.1) is 0 Å². The first-order chi connectivity index (χ1) is 8.31. The fraction of sp³-hybridized carbons (Fsp3) is 0.214. The van der Waals surface area contributed by atoms with Crippen LogP contribution in [0, 0.1) is 0 Å². The molecule has 1 aromatic carbocycles. The molecule has 0 atom stereocenters. The van der Waals surface area contributed by atoms with Crippen LogP contribution in [0.1, 0.15) is 6.42 Å². The summed E-state index contributed by atoms with van der Waals surface area (Å²) >= 11 is 0. The first-order valence-electron chi connectivity index (χ1n) is 5.59. The molecule has 88 valence electrons. The van der Waals surface area contributed by atoms with Gasteiger partial charge in [-0.05, 0) is 18.2 Å². The highest BCUT2D eigenvalue weighted by atomic mass is 16.5. The molecule has 0 aromatic heterocycles. The molecule has 0 amide bonds. The Labute approximate surface area is 101 Å². The third-order valence-corrected chi connectivity index (χ3v) is 2.53. The second-order valence-electron chi connectivity index (χ2n) is 3.81. The van der Waals surface area contributed by atoms with E-state index in [1.54, 1.807) is 0 Å². The van der Waals surface area contributed by atoms with E-state index in [9.17, 15) is 4.79 Å². The lowest BCUT2D eigenvalue weighted by Crippen LogP contribution is -2.28. The molecule has 0 fully saturated rings. The molecule has 0 radical (unpaired) electrons. The van der Waals surface area contributed by atoms with Crippen LogP contribution in [0.3, 0.4) is 0 Å². The molecule has 1 aromatic rings. The lowest BCUT2D eigenvalue weighted by Gasteiger charge is -2.27. The molecule has 3 heteroatoms. The Morgan fingerprint density at radius 1 is 1.35 bits per heavy atom. The maximum Gasteiger partial charge on any atom is 0.190 e. The Bertz CT molecular complexity index is 437. The summed E-state index contributed by atoms with van der Waals surface area (Å²) in [5.41, 5.74) is 1.04. The van der Waals surface area contributed by atoms with E-state index < -0.39 is 0 Å². The van der Waals surface area contributed by atoms with Gasteiger partial charge in [0.2, 0.25) is 0 Å². The van der Waals surface area contributed by atoms with Gasteiger partial charge in [-0.25, -0.2) is 0 Å². The minimum Gasteiger partial charge on any atom is -0.471 e. The van der Waals surface area contributed by atoms with Crippen molar-refractivity contribution in [1.82, 2.24) is 0 Å². The van der Waals surface area contributed by atoms with Crippen LogP contribution in [-0.4, -0.2) is 18.9 Å². The van der Waals surface area contributed by atoms with E-state index in [0.717, 1.165) is 11.6 Å². The van der Waals surface area contributed by atoms with E-state index in [2.05, 4.69) is 6.58 Å². The number of hydrogen-bond acceptors (Lipinski definition) is 3. The molecule has 0 bridgehead atoms. The molecular weight excluding hydrogens is 214 g/mol. The maximum absolute atomic E-state index is 11.1. The van der Waals surface area contributed by atoms with Gasteiger partial charge in [0.15, 0.2) is 11.7 Å². The first kappa shape index (κ1) is 11.5. The molecule has 0 spiro atoms. The highest BCUT2D eigenvalue weighted by Crippen LogP contribution is 2.21. The minimum absolute atomic E-state index is 0.111. The monoisotopic (exact) mass is 229 g/mol. The number of rotatable bonds is 4. The number of carbonyl (C=O) groups excluding carboxylic acids is 1. The summed E-state index contributed by atoms with van der Waals surface area (Å²) in [7, 11) is 0. The molecule has 0 unspecified atom stereocenters. The number of allylic oxidation sites excluding steroid dienone is 1. The van der Waals surface area contributed by atoms with Crippen LogP contribution in [0.5, 0.6) is 0 Å². The van der Waals surface area contributed by atoms with Crippen molar-refractivity contribution in [1.29, 1.82) is 0 Å². The molecule has 17 heavy (non-hydrogen) atoms. The summed E-state index contributed by atoms with van der Waals surface area (Å²) in [6.45, 7) is 4.56. The van der Waals surface area contributed by atoms with Crippen LogP contribution >= 0.6 is 0 Å². The number of hydrogen-bond donors (Lipinski definition) is 0. The second-order valence-corrected chi connectivity index (χ2v) is 3.81. The topological polar surface area (TPSA) is 29.5 Å². The molecule has 3 nitrogen and oxygen atoms in total. The van der Waals surface area contributed by atoms with E-state index >= 15 is 0 Å². The number of anilines is 1. The van der Waals surface area contributed by atoms with Crippen LogP contribution in [0.2, 0.25) is 0 Å². The van der Waals surface area contributed by atoms with Crippen LogP contribution < -0.4 is 4.90 Å². The lowest BCUT2D eigenvalue weighted by molar-refractivity contribution is -0.122. The molecule has 1 aliphatic heterocycles. The normalized spacial score (nSPS) is 14.8. The van der Waals surface area contributed by atoms with E-state index in [-0.39, 0.29) is 12.4 Å². The number of Topliss-reactive ketones (excluding diaryl/α,β-unsaturated/α-hetero) is 1. The van der Waals surface area contributed by atoms with Gasteiger partial charge < -0.3 is 9.64 Å². The van der Waals surface area contributed by atoms with Crippen LogP contribution in [0.25, 0.3) is 0 Å². The molecule has 1 heterocycles. The van der Waals surface area contributed by atoms with Crippen molar-refractivity contribution in [3.8, 4) is 0 Å². The lowest BCUT2D eigenvalue weighted by atomic mass is 10.2. The molecule has 0 saturated heterocycles. The van der Waals surface area contributed by atoms with Crippen molar-refractivity contribution in [3.63, 3.8) is 0 Å². The minimum atomic E-state index is 0.111. The predicted molar refractivity (Wildman–Crippen MR) is 67.6 cm³/mol. The van der Waals surface area contributed by atoms with Crippen molar-refractivity contribution in [2.75, 3.05) is 18.1 Å². The van der Waals surface area contributed by atoms with E-state index in [0.29, 0.717) is 13.0 Å². The van der Waals surface area contributed by atoms with Gasteiger partial charge in [0.1, 0.15) is 6.61 Å². The number of ketones is 1. The highest BCUT2D eigenvalue weighted by Gasteiger charge is 2.17. The van der Waals surface area contributed by atoms with Crippen LogP contribution in [0.15, 0.2) is 54.9 Å². The number of para-hydroxylation sites is 1. The Morgan fingerprint density at radius 2 is 2.12 bits per heavy atom. The van der Waals surface area contributed by atoms with Crippen LogP contribution in [0.4, 0.5) is 5.69 Å². The summed E-state index contributed by atoms with van der Waals surface area (Å²) in [5.74, 6) is 0.844. The van der Waals surface area contributed by atoms with E-state index in [1.165, 1.54) is 0 Å². The summed E-state index contributed by atoms with van der Waals surface area (Å²) < 4.78 is 5.45. The van der Waals surface area contributed by atoms with Gasteiger partial charge in [-0.2, -0.15) is 0 Å². The van der Waals surface area contributed by atoms with Gasteiger partial charge in [-0.1, -0.05) is 24.3 Å². The van der Waals surface area contributed by atoms with Gasteiger partial charge in [0, 0.05) is 18.7 Å². The first-order valence-corrected chi connectivity index (χ1v) is 5.59. The number of carbonyl (C=O) groups is 1. The fourth-order valence-electron chi connectivity index (χ4n) is 1.72. The average Bonchev–Trinajstić information content (AvgIpc) is 2.38. The third kappa shape index (κ3) is 2.75. The Hall–Kier alpha value is -2.03. The zero-order valence-corrected chi connectivity index (χ0v) is 9.63. The molecule has 0 aliphatic carbocycles. The predicted octanol–water partition coefficient (Wildman–Crippen LogP) is 2.51. The molecule has 1 aliphatic rings. The van der Waals surface area contributed by atoms with Crippen molar-refractivity contribution in [2.24, 2.45) is 0 Å². The van der Waals surface area contributed by atoms with Crippen LogP contribution in [-0.2, 0) is 9.53 Å². The number of benzene rings is 1. The Morgan fingerprint density at radius 3 is 2.71 bits per heavy atom. The maximum atomic E-state index is 11.1. The van der Waals surface area contributed by atoms with Gasteiger partial charge in [0.25, 0.3) is 0 Å². The van der Waals surface area contributed by atoms with Gasteiger partial charge in [-0.15, -0.1) is 6.58 Å². The van der Waals surface area contributed by atoms with Crippen molar-refractivity contribution in [3.05, 3.63) is 54.9 Å². The summed E-state index contributed by atoms with van der Waals surface area (Å²) in [6, 6.07) is 9.92.